The fourth-order valence-electron chi connectivity index (χ4n) is 2.35. The van der Waals surface area contributed by atoms with E-state index in [9.17, 15) is 4.79 Å². The summed E-state index contributed by atoms with van der Waals surface area (Å²) in [4.78, 5) is 15.3. The predicted molar refractivity (Wildman–Crippen MR) is 89.6 cm³/mol. The number of amides is 1. The van der Waals surface area contributed by atoms with Crippen LogP contribution in [0.5, 0.6) is 0 Å². The first-order chi connectivity index (χ1) is 9.54. The van der Waals surface area contributed by atoms with Crippen molar-refractivity contribution in [1.82, 2.24) is 15.6 Å². The predicted octanol–water partition coefficient (Wildman–Crippen LogP) is 2.66. The van der Waals surface area contributed by atoms with Gasteiger partial charge in [-0.1, -0.05) is 11.6 Å². The zero-order chi connectivity index (χ0) is 14.7. The Morgan fingerprint density at radius 3 is 2.86 bits per heavy atom. The zero-order valence-corrected chi connectivity index (χ0v) is 15.1. The van der Waals surface area contributed by atoms with E-state index in [2.05, 4.69) is 31.5 Å². The SMILES string of the molecule is CCO[C@@H]1CNCC[C@H]1NC(=O)c1[nH]c(C)c(Br)c1Cl.Cl. The normalized spacial score (nSPS) is 21.7. The highest BCUT2D eigenvalue weighted by atomic mass is 79.9. The lowest BCUT2D eigenvalue weighted by Crippen LogP contribution is -2.53. The van der Waals surface area contributed by atoms with Gasteiger partial charge in [-0.05, 0) is 42.7 Å². The number of hydrogen-bond donors (Lipinski definition) is 3. The number of aromatic nitrogens is 1. The average Bonchev–Trinajstić information content (AvgIpc) is 2.69. The maximum atomic E-state index is 12.3. The third kappa shape index (κ3) is 4.36. The van der Waals surface area contributed by atoms with Gasteiger partial charge in [0.1, 0.15) is 5.69 Å². The number of carbonyl (C=O) groups is 1. The number of halogens is 3. The van der Waals surface area contributed by atoms with Gasteiger partial charge in [0, 0.05) is 18.8 Å². The van der Waals surface area contributed by atoms with Gasteiger partial charge in [0.25, 0.3) is 5.91 Å². The van der Waals surface area contributed by atoms with Gasteiger partial charge >= 0.3 is 0 Å². The summed E-state index contributed by atoms with van der Waals surface area (Å²) < 4.78 is 6.39. The molecule has 1 fully saturated rings. The van der Waals surface area contributed by atoms with E-state index in [-0.39, 0.29) is 30.5 Å². The fraction of sp³-hybridized carbons (Fsp3) is 0.615. The van der Waals surface area contributed by atoms with Gasteiger partial charge in [-0.2, -0.15) is 0 Å². The second kappa shape index (κ2) is 8.39. The first kappa shape index (κ1) is 18.8. The number of H-pyrrole nitrogens is 1. The van der Waals surface area contributed by atoms with Gasteiger partial charge < -0.3 is 20.4 Å². The minimum atomic E-state index is -0.194. The maximum Gasteiger partial charge on any atom is 0.269 e. The molecule has 5 nitrogen and oxygen atoms in total. The van der Waals surface area contributed by atoms with Gasteiger partial charge in [-0.3, -0.25) is 4.79 Å². The van der Waals surface area contributed by atoms with Gasteiger partial charge in [0.15, 0.2) is 0 Å². The molecule has 21 heavy (non-hydrogen) atoms. The van der Waals surface area contributed by atoms with Crippen molar-refractivity contribution in [3.8, 4) is 0 Å². The number of aryl methyl sites for hydroxylation is 1. The summed E-state index contributed by atoms with van der Waals surface area (Å²) >= 11 is 9.49. The average molecular weight is 401 g/mol. The lowest BCUT2D eigenvalue weighted by Gasteiger charge is -2.32. The number of ether oxygens (including phenoxy) is 1. The van der Waals surface area contributed by atoms with Crippen molar-refractivity contribution in [2.75, 3.05) is 19.7 Å². The zero-order valence-electron chi connectivity index (χ0n) is 12.0. The quantitative estimate of drug-likeness (QED) is 0.727. The standard InChI is InChI=1S/C13H19BrClN3O2.ClH/c1-3-20-9-6-16-5-4-8(9)18-13(19)12-11(15)10(14)7(2)17-12;/h8-9,16-17H,3-6H2,1-2H3,(H,18,19);1H/t8-,9-;/m1./s1. The van der Waals surface area contributed by atoms with Crippen LogP contribution >= 0.6 is 39.9 Å². The Bertz CT molecular complexity index is 494. The monoisotopic (exact) mass is 399 g/mol. The van der Waals surface area contributed by atoms with Crippen LogP contribution in [-0.4, -0.2) is 42.7 Å². The summed E-state index contributed by atoms with van der Waals surface area (Å²) in [6, 6.07) is 0.00199. The molecule has 0 saturated carbocycles. The number of rotatable bonds is 4. The molecule has 8 heteroatoms. The molecule has 0 aliphatic carbocycles. The maximum absolute atomic E-state index is 12.3. The Kier molecular flexibility index (Phi) is 7.50. The Morgan fingerprint density at radius 1 is 1.57 bits per heavy atom. The molecule has 1 saturated heterocycles. The first-order valence-corrected chi connectivity index (χ1v) is 7.88. The van der Waals surface area contributed by atoms with Crippen LogP contribution in [-0.2, 0) is 4.74 Å². The molecular formula is C13H20BrCl2N3O2. The molecule has 0 unspecified atom stereocenters. The molecule has 0 radical (unpaired) electrons. The van der Waals surface area contributed by atoms with E-state index in [1.54, 1.807) is 0 Å². The van der Waals surface area contributed by atoms with Gasteiger partial charge in [0.05, 0.1) is 21.6 Å². The minimum Gasteiger partial charge on any atom is -0.375 e. The molecule has 2 rings (SSSR count). The van der Waals surface area contributed by atoms with E-state index in [4.69, 9.17) is 16.3 Å². The molecule has 1 aliphatic heterocycles. The Morgan fingerprint density at radius 2 is 2.29 bits per heavy atom. The first-order valence-electron chi connectivity index (χ1n) is 6.71. The number of carbonyl (C=O) groups excluding carboxylic acids is 1. The molecule has 0 aromatic carbocycles. The van der Waals surface area contributed by atoms with E-state index < -0.39 is 0 Å². The lowest BCUT2D eigenvalue weighted by atomic mass is 10.0. The van der Waals surface area contributed by atoms with E-state index in [1.165, 1.54) is 0 Å². The van der Waals surface area contributed by atoms with Crippen molar-refractivity contribution in [2.24, 2.45) is 0 Å². The van der Waals surface area contributed by atoms with Crippen molar-refractivity contribution in [1.29, 1.82) is 0 Å². The molecule has 120 valence electrons. The smallest absolute Gasteiger partial charge is 0.269 e. The number of aromatic amines is 1. The highest BCUT2D eigenvalue weighted by molar-refractivity contribution is 9.10. The number of nitrogens with one attached hydrogen (secondary N) is 3. The Hall–Kier alpha value is -0.270. The van der Waals surface area contributed by atoms with Crippen LogP contribution in [0.1, 0.15) is 29.5 Å². The largest absolute Gasteiger partial charge is 0.375 e. The summed E-state index contributed by atoms with van der Waals surface area (Å²) in [5.74, 6) is -0.194. The Labute approximate surface area is 144 Å². The third-order valence-corrected chi connectivity index (χ3v) is 5.00. The minimum absolute atomic E-state index is 0. The van der Waals surface area contributed by atoms with Gasteiger partial charge in [-0.15, -0.1) is 12.4 Å². The highest BCUT2D eigenvalue weighted by Crippen LogP contribution is 2.29. The Balaban J connectivity index is 0.00000220. The summed E-state index contributed by atoms with van der Waals surface area (Å²) in [6.07, 6.45) is 0.838. The van der Waals surface area contributed by atoms with E-state index in [1.807, 2.05) is 13.8 Å². The molecule has 1 aromatic rings. The second-order valence-corrected chi connectivity index (χ2v) is 5.99. The van der Waals surface area contributed by atoms with Crippen molar-refractivity contribution in [2.45, 2.75) is 32.4 Å². The lowest BCUT2D eigenvalue weighted by molar-refractivity contribution is 0.0208. The summed E-state index contributed by atoms with van der Waals surface area (Å²) in [5, 5.41) is 6.70. The second-order valence-electron chi connectivity index (χ2n) is 4.82. The van der Waals surface area contributed by atoms with Crippen molar-refractivity contribution in [3.63, 3.8) is 0 Å². The summed E-state index contributed by atoms with van der Waals surface area (Å²) in [5.41, 5.74) is 1.23. The molecule has 1 aromatic heterocycles. The molecule has 0 spiro atoms. The van der Waals surface area contributed by atoms with Crippen LogP contribution in [0.4, 0.5) is 0 Å². The van der Waals surface area contributed by atoms with Crippen molar-refractivity contribution < 1.29 is 9.53 Å². The van der Waals surface area contributed by atoms with Gasteiger partial charge in [0.2, 0.25) is 0 Å². The molecule has 1 amide bonds. The van der Waals surface area contributed by atoms with E-state index >= 15 is 0 Å². The van der Waals surface area contributed by atoms with Crippen molar-refractivity contribution in [3.05, 3.63) is 20.9 Å². The van der Waals surface area contributed by atoms with E-state index in [0.29, 0.717) is 17.3 Å². The molecule has 3 N–H and O–H groups in total. The molecule has 2 heterocycles. The van der Waals surface area contributed by atoms with Crippen LogP contribution in [0.2, 0.25) is 5.02 Å². The topological polar surface area (TPSA) is 66.2 Å². The number of hydrogen-bond acceptors (Lipinski definition) is 3. The third-order valence-electron chi connectivity index (χ3n) is 3.40. The molecule has 0 bridgehead atoms. The van der Waals surface area contributed by atoms with Gasteiger partial charge in [-0.25, -0.2) is 0 Å². The van der Waals surface area contributed by atoms with Crippen LogP contribution in [0.25, 0.3) is 0 Å². The summed E-state index contributed by atoms with van der Waals surface area (Å²) in [6.45, 7) is 6.07. The van der Waals surface area contributed by atoms with Crippen LogP contribution < -0.4 is 10.6 Å². The highest BCUT2D eigenvalue weighted by Gasteiger charge is 2.28. The number of piperidine rings is 1. The van der Waals surface area contributed by atoms with Crippen LogP contribution in [0, 0.1) is 6.92 Å². The van der Waals surface area contributed by atoms with Crippen LogP contribution in [0.3, 0.4) is 0 Å². The van der Waals surface area contributed by atoms with Crippen molar-refractivity contribution >= 4 is 45.8 Å². The molecule has 2 atom stereocenters. The summed E-state index contributed by atoms with van der Waals surface area (Å²) in [7, 11) is 0. The fourth-order valence-corrected chi connectivity index (χ4v) is 2.93. The molecular weight excluding hydrogens is 381 g/mol. The molecule has 1 aliphatic rings. The van der Waals surface area contributed by atoms with E-state index in [0.717, 1.165) is 29.7 Å². The van der Waals surface area contributed by atoms with Crippen LogP contribution in [0.15, 0.2) is 4.47 Å².